The van der Waals surface area contributed by atoms with Crippen LogP contribution in [0.25, 0.3) is 0 Å². The van der Waals surface area contributed by atoms with Crippen molar-refractivity contribution in [2.45, 2.75) is 39.2 Å². The first-order chi connectivity index (χ1) is 7.85. The Balaban J connectivity index is 2.89. The first-order valence-corrected chi connectivity index (χ1v) is 5.97. The summed E-state index contributed by atoms with van der Waals surface area (Å²) < 4.78 is 13.7. The molecule has 0 bridgehead atoms. The fraction of sp³-hybridized carbons (Fsp3) is 0.571. The number of hydrogen-bond donors (Lipinski definition) is 2. The van der Waals surface area contributed by atoms with Crippen LogP contribution in [0.5, 0.6) is 0 Å². The number of benzene rings is 1. The molecule has 0 spiro atoms. The maximum Gasteiger partial charge on any atom is 0.126 e. The van der Waals surface area contributed by atoms with Gasteiger partial charge in [0.15, 0.2) is 0 Å². The van der Waals surface area contributed by atoms with Gasteiger partial charge >= 0.3 is 0 Å². The summed E-state index contributed by atoms with van der Waals surface area (Å²) in [6.45, 7) is 6.39. The molecule has 0 aromatic heterocycles. The summed E-state index contributed by atoms with van der Waals surface area (Å²) in [5.41, 5.74) is 6.17. The van der Waals surface area contributed by atoms with E-state index in [1.807, 2.05) is 20.8 Å². The highest BCUT2D eigenvalue weighted by molar-refractivity contribution is 5.23. The third-order valence-electron chi connectivity index (χ3n) is 2.84. The van der Waals surface area contributed by atoms with Crippen molar-refractivity contribution in [3.8, 4) is 0 Å². The van der Waals surface area contributed by atoms with Crippen LogP contribution in [0.1, 0.15) is 38.7 Å². The maximum absolute atomic E-state index is 13.7. The van der Waals surface area contributed by atoms with Crippen molar-refractivity contribution in [1.29, 1.82) is 0 Å². The minimum atomic E-state index is -0.614. The summed E-state index contributed by atoms with van der Waals surface area (Å²) in [4.78, 5) is 0. The van der Waals surface area contributed by atoms with E-state index < -0.39 is 6.10 Å². The predicted molar refractivity (Wildman–Crippen MR) is 68.3 cm³/mol. The van der Waals surface area contributed by atoms with Gasteiger partial charge in [0.1, 0.15) is 5.82 Å². The van der Waals surface area contributed by atoms with Crippen LogP contribution in [0.2, 0.25) is 0 Å². The van der Waals surface area contributed by atoms with Gasteiger partial charge in [-0.1, -0.05) is 39.0 Å². The van der Waals surface area contributed by atoms with Crippen molar-refractivity contribution >= 4 is 0 Å². The highest BCUT2D eigenvalue weighted by Crippen LogP contribution is 2.29. The number of rotatable bonds is 4. The van der Waals surface area contributed by atoms with Crippen LogP contribution in [0.3, 0.4) is 0 Å². The van der Waals surface area contributed by atoms with E-state index in [1.165, 1.54) is 6.07 Å². The zero-order valence-corrected chi connectivity index (χ0v) is 10.8. The van der Waals surface area contributed by atoms with Crippen molar-refractivity contribution in [2.24, 2.45) is 11.1 Å². The number of hydrogen-bond acceptors (Lipinski definition) is 2. The minimum absolute atomic E-state index is 0.00189. The summed E-state index contributed by atoms with van der Waals surface area (Å²) >= 11 is 0. The van der Waals surface area contributed by atoms with Crippen LogP contribution in [0, 0.1) is 11.2 Å². The van der Waals surface area contributed by atoms with E-state index in [0.29, 0.717) is 12.0 Å². The number of nitrogens with two attached hydrogens (primary N) is 1. The van der Waals surface area contributed by atoms with Crippen LogP contribution >= 0.6 is 0 Å². The van der Waals surface area contributed by atoms with E-state index in [1.54, 1.807) is 18.2 Å². The second kappa shape index (κ2) is 5.61. The normalized spacial score (nSPS) is 15.6. The van der Waals surface area contributed by atoms with Crippen LogP contribution in [-0.4, -0.2) is 17.8 Å². The maximum atomic E-state index is 13.7. The van der Waals surface area contributed by atoms with E-state index in [9.17, 15) is 9.50 Å². The molecule has 0 aliphatic carbocycles. The van der Waals surface area contributed by atoms with Crippen molar-refractivity contribution in [3.63, 3.8) is 0 Å². The average Bonchev–Trinajstić information content (AvgIpc) is 2.19. The molecule has 17 heavy (non-hydrogen) atoms. The molecular weight excluding hydrogens is 217 g/mol. The smallest absolute Gasteiger partial charge is 0.126 e. The van der Waals surface area contributed by atoms with Crippen LogP contribution in [0.4, 0.5) is 4.39 Å². The van der Waals surface area contributed by atoms with E-state index >= 15 is 0 Å². The topological polar surface area (TPSA) is 46.2 Å². The molecule has 0 saturated heterocycles. The van der Waals surface area contributed by atoms with Crippen LogP contribution < -0.4 is 5.73 Å². The highest BCUT2D eigenvalue weighted by Gasteiger charge is 2.26. The average molecular weight is 239 g/mol. The lowest BCUT2D eigenvalue weighted by molar-refractivity contribution is 0.0960. The second-order valence-electron chi connectivity index (χ2n) is 5.70. The monoisotopic (exact) mass is 239 g/mol. The van der Waals surface area contributed by atoms with Gasteiger partial charge in [-0.3, -0.25) is 0 Å². The van der Waals surface area contributed by atoms with Crippen molar-refractivity contribution in [3.05, 3.63) is 35.6 Å². The zero-order valence-electron chi connectivity index (χ0n) is 10.8. The quantitative estimate of drug-likeness (QED) is 0.848. The summed E-state index contributed by atoms with van der Waals surface area (Å²) in [6.07, 6.45) is -0.0136. The number of halogens is 1. The molecule has 1 aromatic rings. The van der Waals surface area contributed by atoms with Gasteiger partial charge in [-0.15, -0.1) is 0 Å². The summed E-state index contributed by atoms with van der Waals surface area (Å²) in [5, 5.41) is 10.2. The Morgan fingerprint density at radius 3 is 2.35 bits per heavy atom. The number of aliphatic hydroxyl groups excluding tert-OH is 1. The Hall–Kier alpha value is -0.930. The molecule has 1 rings (SSSR count). The summed E-state index contributed by atoms with van der Waals surface area (Å²) in [7, 11) is 0. The van der Waals surface area contributed by atoms with E-state index in [-0.39, 0.29) is 23.7 Å². The van der Waals surface area contributed by atoms with Crippen molar-refractivity contribution in [2.75, 3.05) is 6.54 Å². The largest absolute Gasteiger partial charge is 0.392 e. The van der Waals surface area contributed by atoms with Gasteiger partial charge in [-0.05, 0) is 23.5 Å². The molecule has 0 radical (unpaired) electrons. The van der Waals surface area contributed by atoms with Gasteiger partial charge < -0.3 is 10.8 Å². The van der Waals surface area contributed by atoms with E-state index in [0.717, 1.165) is 0 Å². The molecule has 2 atom stereocenters. The van der Waals surface area contributed by atoms with Gasteiger partial charge in [0.05, 0.1) is 6.10 Å². The molecule has 0 aliphatic heterocycles. The lowest BCUT2D eigenvalue weighted by atomic mass is 9.82. The Kier molecular flexibility index (Phi) is 4.66. The fourth-order valence-corrected chi connectivity index (χ4v) is 2.04. The lowest BCUT2D eigenvalue weighted by Crippen LogP contribution is -2.30. The molecular formula is C14H22FNO. The molecule has 0 heterocycles. The van der Waals surface area contributed by atoms with Gasteiger partial charge in [-0.2, -0.15) is 0 Å². The summed E-state index contributed by atoms with van der Waals surface area (Å²) in [6, 6.07) is 6.51. The molecule has 2 unspecified atom stereocenters. The van der Waals surface area contributed by atoms with Gasteiger partial charge in [0.25, 0.3) is 0 Å². The third kappa shape index (κ3) is 4.10. The van der Waals surface area contributed by atoms with Gasteiger partial charge in [-0.25, -0.2) is 4.39 Å². The molecule has 0 aliphatic rings. The second-order valence-corrected chi connectivity index (χ2v) is 5.70. The molecule has 0 amide bonds. The minimum Gasteiger partial charge on any atom is -0.392 e. The lowest BCUT2D eigenvalue weighted by Gasteiger charge is -2.28. The van der Waals surface area contributed by atoms with Gasteiger partial charge in [0, 0.05) is 12.5 Å². The third-order valence-corrected chi connectivity index (χ3v) is 2.84. The molecule has 2 nitrogen and oxygen atoms in total. The molecule has 96 valence electrons. The van der Waals surface area contributed by atoms with Crippen LogP contribution in [-0.2, 0) is 0 Å². The highest BCUT2D eigenvalue weighted by atomic mass is 19.1. The first-order valence-electron chi connectivity index (χ1n) is 5.97. The predicted octanol–water partition coefficient (Wildman–Crippen LogP) is 2.67. The summed E-state index contributed by atoms with van der Waals surface area (Å²) in [5.74, 6) is -0.633. The molecule has 0 fully saturated rings. The van der Waals surface area contributed by atoms with Crippen molar-refractivity contribution in [1.82, 2.24) is 0 Å². The Labute approximate surface area is 103 Å². The molecule has 1 aromatic carbocycles. The molecule has 3 heteroatoms. The van der Waals surface area contributed by atoms with E-state index in [4.69, 9.17) is 5.73 Å². The van der Waals surface area contributed by atoms with Crippen molar-refractivity contribution < 1.29 is 9.50 Å². The number of aliphatic hydroxyl groups is 1. The Morgan fingerprint density at radius 1 is 1.29 bits per heavy atom. The van der Waals surface area contributed by atoms with Crippen LogP contribution in [0.15, 0.2) is 24.3 Å². The Bertz CT molecular complexity index is 359. The SMILES string of the molecule is CC(C)(C)CC(O)C(CN)c1ccccc1F. The standard InChI is InChI=1S/C14H22FNO/c1-14(2,3)8-13(17)11(9-16)10-6-4-5-7-12(10)15/h4-7,11,13,17H,8-9,16H2,1-3H3. The molecule has 0 saturated carbocycles. The molecule has 3 N–H and O–H groups in total. The first kappa shape index (κ1) is 14.1. The Morgan fingerprint density at radius 2 is 1.88 bits per heavy atom. The fourth-order valence-electron chi connectivity index (χ4n) is 2.04. The van der Waals surface area contributed by atoms with E-state index in [2.05, 4.69) is 0 Å². The zero-order chi connectivity index (χ0) is 13.1. The van der Waals surface area contributed by atoms with Gasteiger partial charge in [0.2, 0.25) is 0 Å².